The first-order valence-corrected chi connectivity index (χ1v) is 14.9. The van der Waals surface area contributed by atoms with Crippen molar-refractivity contribution < 1.29 is 26.7 Å². The van der Waals surface area contributed by atoms with Crippen molar-refractivity contribution in [1.82, 2.24) is 14.5 Å². The van der Waals surface area contributed by atoms with Gasteiger partial charge in [-0.2, -0.15) is 0 Å². The molecular weight excluding hydrogens is 579 g/mol. The Balaban J connectivity index is 1.46. The molecule has 1 saturated carbocycles. The highest BCUT2D eigenvalue weighted by Crippen LogP contribution is 2.35. The van der Waals surface area contributed by atoms with E-state index in [-0.39, 0.29) is 30.1 Å². The zero-order valence-corrected chi connectivity index (χ0v) is 22.8. The summed E-state index contributed by atoms with van der Waals surface area (Å²) < 4.78 is 75.8. The first kappa shape index (κ1) is 27.2. The molecule has 3 heterocycles. The number of aromatic nitrogens is 3. The van der Waals surface area contributed by atoms with Crippen LogP contribution in [-0.2, 0) is 16.6 Å². The fourth-order valence-corrected chi connectivity index (χ4v) is 6.53. The number of aliphatic hydroxyl groups excluding tert-OH is 1. The topological polar surface area (TPSA) is 126 Å². The Hall–Kier alpha value is -4.01. The number of halogens is 3. The van der Waals surface area contributed by atoms with Crippen LogP contribution in [0, 0.1) is 23.4 Å². The first-order valence-electron chi connectivity index (χ1n) is 12.6. The molecule has 212 valence electrons. The summed E-state index contributed by atoms with van der Waals surface area (Å²) in [7, 11) is -4.65. The molecule has 0 amide bonds. The van der Waals surface area contributed by atoms with Gasteiger partial charge in [0, 0.05) is 36.8 Å². The van der Waals surface area contributed by atoms with Gasteiger partial charge in [-0.1, -0.05) is 0 Å². The molecule has 6 rings (SSSR count). The lowest BCUT2D eigenvalue weighted by Crippen LogP contribution is -2.24. The Morgan fingerprint density at radius 2 is 1.88 bits per heavy atom. The lowest BCUT2D eigenvalue weighted by Gasteiger charge is -2.16. The van der Waals surface area contributed by atoms with Gasteiger partial charge in [-0.25, -0.2) is 31.6 Å². The fraction of sp³-hybridized carbons (Fsp3) is 0.222. The van der Waals surface area contributed by atoms with Crippen LogP contribution in [0.25, 0.3) is 32.2 Å². The van der Waals surface area contributed by atoms with E-state index in [9.17, 15) is 17.6 Å². The number of rotatable bonds is 9. The molecule has 0 saturated heterocycles. The molecule has 9 nitrogen and oxygen atoms in total. The number of hydrogen-bond donors (Lipinski definition) is 3. The van der Waals surface area contributed by atoms with E-state index < -0.39 is 49.2 Å². The van der Waals surface area contributed by atoms with Gasteiger partial charge in [0.15, 0.2) is 5.82 Å². The van der Waals surface area contributed by atoms with E-state index >= 15 is 8.78 Å². The zero-order chi connectivity index (χ0) is 28.9. The molecule has 1 fully saturated rings. The van der Waals surface area contributed by atoms with E-state index in [1.54, 1.807) is 6.07 Å². The molecule has 41 heavy (non-hydrogen) atoms. The Bertz CT molecular complexity index is 1990. The third-order valence-electron chi connectivity index (χ3n) is 6.81. The van der Waals surface area contributed by atoms with Crippen molar-refractivity contribution in [3.8, 4) is 11.1 Å². The van der Waals surface area contributed by atoms with Crippen LogP contribution in [0.4, 0.5) is 24.7 Å². The second kappa shape index (κ2) is 10.4. The van der Waals surface area contributed by atoms with Gasteiger partial charge >= 0.3 is 0 Å². The largest absolute Gasteiger partial charge is 0.395 e. The maximum absolute atomic E-state index is 15.9. The molecule has 0 radical (unpaired) electrons. The van der Waals surface area contributed by atoms with Crippen molar-refractivity contribution in [3.05, 3.63) is 75.9 Å². The lowest BCUT2D eigenvalue weighted by molar-refractivity contribution is 0.311. The molecule has 0 bridgehead atoms. The van der Waals surface area contributed by atoms with E-state index in [2.05, 4.69) is 15.3 Å². The third kappa shape index (κ3) is 5.13. The standard InChI is InChI=1S/C27H22F3N5O4S2/c28-17-3-4-19(34-41(38,39)23-10-22-20(8-18(23)29)33-13-40-22)26(30)25(17)16-7-15-11-32-24(31-5-6-36)9-21(15)35(27(16)37)12-14-1-2-14/h3-4,7-11,13-14,34,36H,1-2,5-6,12H2,(H,31,32). The van der Waals surface area contributed by atoms with Gasteiger partial charge < -0.3 is 15.0 Å². The molecule has 0 spiro atoms. The Kier molecular flexibility index (Phi) is 6.91. The average molecular weight is 602 g/mol. The van der Waals surface area contributed by atoms with Crippen molar-refractivity contribution >= 4 is 54.0 Å². The molecule has 5 aromatic rings. The van der Waals surface area contributed by atoms with Gasteiger partial charge in [0.1, 0.15) is 22.3 Å². The predicted molar refractivity (Wildman–Crippen MR) is 150 cm³/mol. The first-order chi connectivity index (χ1) is 19.7. The number of thiazole rings is 1. The second-order valence-electron chi connectivity index (χ2n) is 9.69. The normalized spacial score (nSPS) is 13.7. The molecule has 1 aliphatic rings. The van der Waals surface area contributed by atoms with E-state index in [1.807, 2.05) is 4.72 Å². The van der Waals surface area contributed by atoms with E-state index in [0.29, 0.717) is 28.0 Å². The number of fused-ring (bicyclic) bond motifs is 2. The van der Waals surface area contributed by atoms with Crippen molar-refractivity contribution in [2.24, 2.45) is 5.92 Å². The predicted octanol–water partition coefficient (Wildman–Crippen LogP) is 4.71. The Morgan fingerprint density at radius 1 is 1.07 bits per heavy atom. The van der Waals surface area contributed by atoms with Crippen LogP contribution >= 0.6 is 11.3 Å². The van der Waals surface area contributed by atoms with Gasteiger partial charge in [0.25, 0.3) is 15.6 Å². The highest BCUT2D eigenvalue weighted by Gasteiger charge is 2.28. The molecule has 2 aromatic carbocycles. The highest BCUT2D eigenvalue weighted by atomic mass is 32.2. The quantitative estimate of drug-likeness (QED) is 0.224. The number of nitrogens with one attached hydrogen (secondary N) is 2. The van der Waals surface area contributed by atoms with Crippen LogP contribution in [0.5, 0.6) is 0 Å². The van der Waals surface area contributed by atoms with E-state index in [4.69, 9.17) is 5.11 Å². The number of hydrogen-bond acceptors (Lipinski definition) is 8. The molecule has 3 aromatic heterocycles. The minimum Gasteiger partial charge on any atom is -0.395 e. The lowest BCUT2D eigenvalue weighted by atomic mass is 10.0. The number of benzene rings is 2. The average Bonchev–Trinajstić information content (AvgIpc) is 3.65. The van der Waals surface area contributed by atoms with Crippen LogP contribution in [0.15, 0.2) is 57.8 Å². The zero-order valence-electron chi connectivity index (χ0n) is 21.2. The van der Waals surface area contributed by atoms with Crippen LogP contribution in [0.2, 0.25) is 0 Å². The number of sulfonamides is 1. The molecule has 0 atom stereocenters. The van der Waals surface area contributed by atoms with Crippen molar-refractivity contribution in [1.29, 1.82) is 0 Å². The Labute approximate surface area is 235 Å². The van der Waals surface area contributed by atoms with E-state index in [0.717, 1.165) is 48.4 Å². The maximum atomic E-state index is 15.9. The monoisotopic (exact) mass is 601 g/mol. The number of aliphatic hydroxyl groups is 1. The molecule has 14 heteroatoms. The molecular formula is C27H22F3N5O4S2. The van der Waals surface area contributed by atoms with Crippen molar-refractivity contribution in [2.75, 3.05) is 23.2 Å². The summed E-state index contributed by atoms with van der Waals surface area (Å²) in [5.41, 5.74) is -0.157. The SMILES string of the molecule is O=c1c(-c2c(F)ccc(NS(=O)(=O)c3cc4scnc4cc3F)c2F)cc2cnc(NCCO)cc2n1CC1CC1. The fourth-order valence-electron chi connectivity index (χ4n) is 4.62. The summed E-state index contributed by atoms with van der Waals surface area (Å²) in [6.45, 7) is 0.435. The number of anilines is 2. The minimum atomic E-state index is -4.65. The van der Waals surface area contributed by atoms with Crippen LogP contribution < -0.4 is 15.6 Å². The molecule has 0 aliphatic heterocycles. The highest BCUT2D eigenvalue weighted by molar-refractivity contribution is 7.92. The van der Waals surface area contributed by atoms with Crippen molar-refractivity contribution in [2.45, 2.75) is 24.3 Å². The van der Waals surface area contributed by atoms with Gasteiger partial charge in [0.05, 0.1) is 44.7 Å². The summed E-state index contributed by atoms with van der Waals surface area (Å²) >= 11 is 1.10. The van der Waals surface area contributed by atoms with Crippen LogP contribution in [0.1, 0.15) is 12.8 Å². The molecule has 0 unspecified atom stereocenters. The van der Waals surface area contributed by atoms with Crippen LogP contribution in [0.3, 0.4) is 0 Å². The summed E-state index contributed by atoms with van der Waals surface area (Å²) in [5, 5.41) is 12.5. The summed E-state index contributed by atoms with van der Waals surface area (Å²) in [6, 6.07) is 6.70. The van der Waals surface area contributed by atoms with Crippen molar-refractivity contribution in [3.63, 3.8) is 0 Å². The van der Waals surface area contributed by atoms with E-state index in [1.165, 1.54) is 22.3 Å². The second-order valence-corrected chi connectivity index (χ2v) is 12.2. The summed E-state index contributed by atoms with van der Waals surface area (Å²) in [4.78, 5) is 21.2. The van der Waals surface area contributed by atoms with Gasteiger partial charge in [-0.3, -0.25) is 9.52 Å². The van der Waals surface area contributed by atoms with Gasteiger partial charge in [-0.15, -0.1) is 11.3 Å². The minimum absolute atomic E-state index is 0.126. The van der Waals surface area contributed by atoms with Crippen LogP contribution in [-0.4, -0.2) is 41.2 Å². The summed E-state index contributed by atoms with van der Waals surface area (Å²) in [5.74, 6) is -2.84. The van der Waals surface area contributed by atoms with Gasteiger partial charge in [-0.05, 0) is 43.0 Å². The maximum Gasteiger partial charge on any atom is 0.264 e. The molecule has 1 aliphatic carbocycles. The Morgan fingerprint density at radius 3 is 2.63 bits per heavy atom. The summed E-state index contributed by atoms with van der Waals surface area (Å²) in [6.07, 6.45) is 3.26. The third-order valence-corrected chi connectivity index (χ3v) is 8.99. The molecule has 3 N–H and O–H groups in total. The smallest absolute Gasteiger partial charge is 0.264 e. The number of nitrogens with zero attached hydrogens (tertiary/aromatic N) is 3. The number of pyridine rings is 2. The van der Waals surface area contributed by atoms with Gasteiger partial charge in [0.2, 0.25) is 0 Å².